The molecule has 0 radical (unpaired) electrons. The first-order valence-corrected chi connectivity index (χ1v) is 7.90. The number of methoxy groups -OCH3 is 1. The van der Waals surface area contributed by atoms with Gasteiger partial charge in [0.05, 0.1) is 12.5 Å². The minimum absolute atomic E-state index is 0.0468. The van der Waals surface area contributed by atoms with Gasteiger partial charge in [-0.2, -0.15) is 0 Å². The van der Waals surface area contributed by atoms with Gasteiger partial charge in [-0.25, -0.2) is 4.39 Å². The molecule has 1 nitrogen and oxygen atoms in total. The Bertz CT molecular complexity index is 452. The Morgan fingerprint density at radius 3 is 2.45 bits per heavy atom. The number of rotatable bonds is 5. The molecule has 1 aliphatic rings. The molecule has 20 heavy (non-hydrogen) atoms. The van der Waals surface area contributed by atoms with Gasteiger partial charge in [-0.3, -0.25) is 0 Å². The van der Waals surface area contributed by atoms with E-state index >= 15 is 0 Å². The van der Waals surface area contributed by atoms with E-state index in [0.717, 1.165) is 19.3 Å². The molecule has 1 aliphatic carbocycles. The van der Waals surface area contributed by atoms with Crippen LogP contribution in [0.3, 0.4) is 0 Å². The molecule has 1 unspecified atom stereocenters. The van der Waals surface area contributed by atoms with Crippen LogP contribution in [0, 0.1) is 17.2 Å². The third-order valence-electron chi connectivity index (χ3n) is 4.43. The summed E-state index contributed by atoms with van der Waals surface area (Å²) in [5.74, 6) is 0.870. The van der Waals surface area contributed by atoms with Crippen molar-refractivity contribution in [2.45, 2.75) is 51.3 Å². The fourth-order valence-corrected chi connectivity index (χ4v) is 4.11. The quantitative estimate of drug-likeness (QED) is 0.632. The third kappa shape index (κ3) is 3.11. The van der Waals surface area contributed by atoms with Gasteiger partial charge in [0.25, 0.3) is 0 Å². The van der Waals surface area contributed by atoms with Crippen LogP contribution in [0.2, 0.25) is 0 Å². The molecule has 1 saturated carbocycles. The lowest BCUT2D eigenvalue weighted by Gasteiger charge is -2.36. The van der Waals surface area contributed by atoms with E-state index in [1.54, 1.807) is 19.2 Å². The summed E-state index contributed by atoms with van der Waals surface area (Å²) < 4.78 is 19.3. The Hall–Kier alpha value is -0.760. The van der Waals surface area contributed by atoms with Gasteiger partial charge in [-0.15, -0.1) is 11.6 Å². The standard InChI is InChI=1S/C17H24ClFO/c1-12(2)11-17(8-4-5-9-17)16(18)14-7-6-13(20-3)10-15(14)19/h6-7,10,12,16H,4-5,8-9,11H2,1-3H3. The largest absolute Gasteiger partial charge is 0.497 e. The van der Waals surface area contributed by atoms with E-state index in [2.05, 4.69) is 13.8 Å². The van der Waals surface area contributed by atoms with Gasteiger partial charge in [0.1, 0.15) is 11.6 Å². The van der Waals surface area contributed by atoms with Crippen LogP contribution in [0.25, 0.3) is 0 Å². The van der Waals surface area contributed by atoms with Crippen molar-refractivity contribution in [2.24, 2.45) is 11.3 Å². The van der Waals surface area contributed by atoms with Crippen LogP contribution in [-0.4, -0.2) is 7.11 Å². The lowest BCUT2D eigenvalue weighted by Crippen LogP contribution is -2.25. The lowest BCUT2D eigenvalue weighted by molar-refractivity contribution is 0.220. The number of hydrogen-bond donors (Lipinski definition) is 0. The number of hydrogen-bond acceptors (Lipinski definition) is 1. The van der Waals surface area contributed by atoms with Crippen molar-refractivity contribution in [1.29, 1.82) is 0 Å². The SMILES string of the molecule is COc1ccc(C(Cl)C2(CC(C)C)CCCC2)c(F)c1. The Kier molecular flexibility index (Phi) is 4.95. The fourth-order valence-electron chi connectivity index (χ4n) is 3.62. The van der Waals surface area contributed by atoms with Crippen LogP contribution in [0.5, 0.6) is 5.75 Å². The zero-order valence-electron chi connectivity index (χ0n) is 12.6. The molecule has 112 valence electrons. The predicted octanol–water partition coefficient (Wildman–Crippen LogP) is 5.72. The molecule has 1 fully saturated rings. The summed E-state index contributed by atoms with van der Waals surface area (Å²) in [7, 11) is 1.55. The molecule has 0 aliphatic heterocycles. The van der Waals surface area contributed by atoms with Gasteiger partial charge in [0.2, 0.25) is 0 Å². The summed E-state index contributed by atoms with van der Waals surface area (Å²) in [4.78, 5) is 0. The normalized spacial score (nSPS) is 19.3. The van der Waals surface area contributed by atoms with E-state index in [1.165, 1.54) is 18.9 Å². The van der Waals surface area contributed by atoms with Crippen LogP contribution in [0.4, 0.5) is 4.39 Å². The second-order valence-corrected chi connectivity index (χ2v) is 6.85. The first kappa shape index (κ1) is 15.6. The van der Waals surface area contributed by atoms with Gasteiger partial charge in [0, 0.05) is 11.6 Å². The summed E-state index contributed by atoms with van der Waals surface area (Å²) in [6, 6.07) is 5.01. The summed E-state index contributed by atoms with van der Waals surface area (Å²) in [5.41, 5.74) is 0.667. The zero-order valence-corrected chi connectivity index (χ0v) is 13.3. The molecule has 0 saturated heterocycles. The maximum absolute atomic E-state index is 14.3. The number of ether oxygens (including phenoxy) is 1. The van der Waals surface area contributed by atoms with Crippen LogP contribution in [0.15, 0.2) is 18.2 Å². The van der Waals surface area contributed by atoms with Crippen molar-refractivity contribution < 1.29 is 9.13 Å². The Balaban J connectivity index is 2.30. The summed E-state index contributed by atoms with van der Waals surface area (Å²) in [6.07, 6.45) is 5.67. The predicted molar refractivity (Wildman–Crippen MR) is 81.9 cm³/mol. The first-order valence-electron chi connectivity index (χ1n) is 7.46. The second-order valence-electron chi connectivity index (χ2n) is 6.42. The van der Waals surface area contributed by atoms with Gasteiger partial charge in [0.15, 0.2) is 0 Å². The molecule has 3 heteroatoms. The fraction of sp³-hybridized carbons (Fsp3) is 0.647. The maximum Gasteiger partial charge on any atom is 0.131 e. The number of alkyl halides is 1. The monoisotopic (exact) mass is 298 g/mol. The van der Waals surface area contributed by atoms with Gasteiger partial charge in [-0.05, 0) is 36.7 Å². The summed E-state index contributed by atoms with van der Waals surface area (Å²) in [5, 5.41) is -0.252. The molecule has 1 aromatic carbocycles. The van der Waals surface area contributed by atoms with Gasteiger partial charge in [-0.1, -0.05) is 32.8 Å². The maximum atomic E-state index is 14.3. The number of benzene rings is 1. The Morgan fingerprint density at radius 2 is 1.95 bits per heavy atom. The molecule has 0 bridgehead atoms. The van der Waals surface area contributed by atoms with Gasteiger partial charge < -0.3 is 4.74 Å². The Morgan fingerprint density at radius 1 is 1.30 bits per heavy atom. The molecule has 2 rings (SSSR count). The van der Waals surface area contributed by atoms with Crippen molar-refractivity contribution in [3.05, 3.63) is 29.6 Å². The molecular weight excluding hydrogens is 275 g/mol. The minimum Gasteiger partial charge on any atom is -0.497 e. The van der Waals surface area contributed by atoms with E-state index in [4.69, 9.17) is 16.3 Å². The third-order valence-corrected chi connectivity index (χ3v) is 5.13. The van der Waals surface area contributed by atoms with Crippen LogP contribution < -0.4 is 4.74 Å². The molecule has 1 atom stereocenters. The van der Waals surface area contributed by atoms with Crippen molar-refractivity contribution in [1.82, 2.24) is 0 Å². The number of halogens is 2. The van der Waals surface area contributed by atoms with E-state index in [9.17, 15) is 4.39 Å². The van der Waals surface area contributed by atoms with Crippen LogP contribution in [0.1, 0.15) is 56.9 Å². The second kappa shape index (κ2) is 6.34. The van der Waals surface area contributed by atoms with E-state index in [0.29, 0.717) is 17.2 Å². The molecule has 0 N–H and O–H groups in total. The van der Waals surface area contributed by atoms with E-state index < -0.39 is 0 Å². The van der Waals surface area contributed by atoms with Gasteiger partial charge >= 0.3 is 0 Å². The lowest BCUT2D eigenvalue weighted by atomic mass is 9.73. The molecule has 0 spiro atoms. The topological polar surface area (TPSA) is 9.23 Å². The molecule has 0 aromatic heterocycles. The summed E-state index contributed by atoms with van der Waals surface area (Å²) >= 11 is 6.73. The minimum atomic E-state index is -0.252. The van der Waals surface area contributed by atoms with Crippen molar-refractivity contribution >= 4 is 11.6 Å². The Labute approximate surface area is 126 Å². The smallest absolute Gasteiger partial charge is 0.131 e. The summed E-state index contributed by atoms with van der Waals surface area (Å²) in [6.45, 7) is 4.43. The molecule has 0 amide bonds. The zero-order chi connectivity index (χ0) is 14.8. The average Bonchev–Trinajstić information content (AvgIpc) is 2.86. The van der Waals surface area contributed by atoms with Crippen molar-refractivity contribution in [2.75, 3.05) is 7.11 Å². The van der Waals surface area contributed by atoms with Crippen molar-refractivity contribution in [3.8, 4) is 5.75 Å². The highest BCUT2D eigenvalue weighted by Gasteiger charge is 2.42. The molecule has 1 aromatic rings. The highest BCUT2D eigenvalue weighted by Crippen LogP contribution is 2.55. The average molecular weight is 299 g/mol. The van der Waals surface area contributed by atoms with E-state index in [1.807, 2.05) is 0 Å². The molecule has 0 heterocycles. The van der Waals surface area contributed by atoms with Crippen LogP contribution >= 0.6 is 11.6 Å². The van der Waals surface area contributed by atoms with Crippen molar-refractivity contribution in [3.63, 3.8) is 0 Å². The highest BCUT2D eigenvalue weighted by atomic mass is 35.5. The van der Waals surface area contributed by atoms with E-state index in [-0.39, 0.29) is 16.6 Å². The molecular formula is C17H24ClFO. The van der Waals surface area contributed by atoms with Crippen LogP contribution in [-0.2, 0) is 0 Å². The first-order chi connectivity index (χ1) is 9.48. The highest BCUT2D eigenvalue weighted by molar-refractivity contribution is 6.21.